The number of carbonyl (C=O) groups is 2. The van der Waals surface area contributed by atoms with Crippen LogP contribution in [0.2, 0.25) is 0 Å². The number of aromatic carboxylic acids is 2. The van der Waals surface area contributed by atoms with E-state index in [4.69, 9.17) is 23.4 Å². The molecule has 2 heterocycles. The maximum Gasteiger partial charge on any atom is 0.371 e. The summed E-state index contributed by atoms with van der Waals surface area (Å²) in [5, 5.41) is 40.5. The molecule has 12 nitrogen and oxygen atoms in total. The molecule has 0 radical (unpaired) electrons. The summed E-state index contributed by atoms with van der Waals surface area (Å²) in [6.45, 7) is -0.957. The van der Waals surface area contributed by atoms with Gasteiger partial charge in [0.1, 0.15) is 64.8 Å². The Morgan fingerprint density at radius 3 is 1.69 bits per heavy atom. The van der Waals surface area contributed by atoms with E-state index >= 15 is 0 Å². The number of carboxylic acid groups (broad SMARTS) is 2. The zero-order valence-electron chi connectivity index (χ0n) is 18.2. The van der Waals surface area contributed by atoms with E-state index in [2.05, 4.69) is 0 Å². The zero-order chi connectivity index (χ0) is 26.0. The number of carboxylic acids is 2. The highest BCUT2D eigenvalue weighted by Crippen LogP contribution is 2.25. The Hall–Kier alpha value is -4.68. The Morgan fingerprint density at radius 1 is 0.806 bits per heavy atom. The van der Waals surface area contributed by atoms with E-state index in [0.29, 0.717) is 0 Å². The largest absolute Gasteiger partial charge is 0.542 e. The number of ether oxygens (including phenoxy) is 2. The number of rotatable bonds is 9. The van der Waals surface area contributed by atoms with Gasteiger partial charge in [-0.3, -0.25) is 9.59 Å². The molecule has 0 spiro atoms. The molecule has 0 amide bonds. The maximum absolute atomic E-state index is 12.4. The molecule has 186 valence electrons. The Bertz CT molecular complexity index is 1460. The third-order valence-electron chi connectivity index (χ3n) is 5.11. The van der Waals surface area contributed by atoms with Crippen molar-refractivity contribution in [2.45, 2.75) is 12.2 Å². The monoisotopic (exact) mass is 497 g/mol. The van der Waals surface area contributed by atoms with E-state index in [1.54, 1.807) is 0 Å². The van der Waals surface area contributed by atoms with Crippen LogP contribution in [-0.2, 0) is 0 Å². The summed E-state index contributed by atoms with van der Waals surface area (Å²) in [7, 11) is 0. The predicted octanol–water partition coefficient (Wildman–Crippen LogP) is 0.141. The molecule has 0 saturated carbocycles. The first-order chi connectivity index (χ1) is 17.2. The van der Waals surface area contributed by atoms with Crippen molar-refractivity contribution in [2.24, 2.45) is 0 Å². The summed E-state index contributed by atoms with van der Waals surface area (Å²) in [4.78, 5) is 46.7. The van der Waals surface area contributed by atoms with Crippen LogP contribution in [0, 0.1) is 0 Å². The fourth-order valence-corrected chi connectivity index (χ4v) is 3.38. The second-order valence-electron chi connectivity index (χ2n) is 7.56. The van der Waals surface area contributed by atoms with Crippen LogP contribution in [0.15, 0.2) is 67.0 Å². The molecule has 0 fully saturated rings. The maximum atomic E-state index is 12.4. The molecule has 2 aromatic carbocycles. The van der Waals surface area contributed by atoms with Crippen molar-refractivity contribution in [3.63, 3.8) is 0 Å². The molecule has 0 bridgehead atoms. The second kappa shape index (κ2) is 9.90. The predicted molar refractivity (Wildman–Crippen MR) is 119 cm³/mol. The highest BCUT2D eigenvalue weighted by Gasteiger charge is 2.21. The zero-order valence-corrected chi connectivity index (χ0v) is 18.2. The molecule has 4 aromatic rings. The number of aliphatic hydroxyl groups excluding tert-OH is 2. The number of aliphatic hydroxyl groups is 2. The molecule has 0 aliphatic carbocycles. The minimum Gasteiger partial charge on any atom is -0.542 e. The van der Waals surface area contributed by atoms with Crippen LogP contribution in [0.3, 0.4) is 0 Å². The van der Waals surface area contributed by atoms with Gasteiger partial charge in [-0.25, -0.2) is 4.79 Å². The number of hydrogen-bond acceptors (Lipinski definition) is 11. The van der Waals surface area contributed by atoms with Gasteiger partial charge in [0, 0.05) is 12.1 Å². The SMILES string of the molecule is O=C([O-])c1cc(=O)c2c(OCC(O)[C@@H](O)COc3cccc4oc(C(=O)O)cc(=O)c34)cccc2o1. The minimum absolute atomic E-state index is 0.000688. The van der Waals surface area contributed by atoms with Crippen LogP contribution in [0.1, 0.15) is 21.1 Å². The number of hydrogen-bond donors (Lipinski definition) is 3. The van der Waals surface area contributed by atoms with E-state index < -0.39 is 59.7 Å². The van der Waals surface area contributed by atoms with Crippen LogP contribution in [0.5, 0.6) is 11.5 Å². The number of fused-ring (bicyclic) bond motifs is 2. The average Bonchev–Trinajstić information content (AvgIpc) is 2.85. The summed E-state index contributed by atoms with van der Waals surface area (Å²) >= 11 is 0. The van der Waals surface area contributed by atoms with E-state index in [1.165, 1.54) is 36.4 Å². The molecular formula is C24H17O12-. The number of benzene rings is 2. The van der Waals surface area contributed by atoms with E-state index in [9.17, 15) is 34.5 Å². The van der Waals surface area contributed by atoms with Crippen LogP contribution in [0.25, 0.3) is 21.9 Å². The lowest BCUT2D eigenvalue weighted by Gasteiger charge is -2.19. The van der Waals surface area contributed by atoms with Crippen molar-refractivity contribution < 1.29 is 48.3 Å². The van der Waals surface area contributed by atoms with Gasteiger partial charge < -0.3 is 43.5 Å². The Morgan fingerprint density at radius 2 is 1.25 bits per heavy atom. The summed E-state index contributed by atoms with van der Waals surface area (Å²) in [6, 6.07) is 9.97. The van der Waals surface area contributed by atoms with Crippen molar-refractivity contribution in [3.05, 3.63) is 80.5 Å². The highest BCUT2D eigenvalue weighted by atomic mass is 16.5. The van der Waals surface area contributed by atoms with Crippen LogP contribution >= 0.6 is 0 Å². The van der Waals surface area contributed by atoms with Crippen LogP contribution in [0.4, 0.5) is 0 Å². The van der Waals surface area contributed by atoms with Crippen LogP contribution < -0.4 is 25.4 Å². The summed E-state index contributed by atoms with van der Waals surface area (Å²) in [5.41, 5.74) is -1.48. The minimum atomic E-state index is -1.66. The van der Waals surface area contributed by atoms with Gasteiger partial charge in [0.05, 0.1) is 0 Å². The van der Waals surface area contributed by atoms with Crippen molar-refractivity contribution >= 4 is 33.9 Å². The van der Waals surface area contributed by atoms with Gasteiger partial charge in [0.2, 0.25) is 5.76 Å². The first kappa shape index (κ1) is 24.4. The molecule has 3 N–H and O–H groups in total. The Balaban J connectivity index is 1.46. The van der Waals surface area contributed by atoms with Gasteiger partial charge in [-0.15, -0.1) is 0 Å². The quantitative estimate of drug-likeness (QED) is 0.283. The lowest BCUT2D eigenvalue weighted by atomic mass is 10.2. The fourth-order valence-electron chi connectivity index (χ4n) is 3.38. The van der Waals surface area contributed by atoms with E-state index in [0.717, 1.165) is 12.1 Å². The highest BCUT2D eigenvalue weighted by molar-refractivity contribution is 5.90. The van der Waals surface area contributed by atoms with Crippen molar-refractivity contribution in [2.75, 3.05) is 13.2 Å². The molecule has 36 heavy (non-hydrogen) atoms. The molecule has 0 saturated heterocycles. The first-order valence-electron chi connectivity index (χ1n) is 10.4. The molecule has 2 atom stereocenters. The van der Waals surface area contributed by atoms with E-state index in [1.807, 2.05) is 0 Å². The molecule has 4 rings (SSSR count). The van der Waals surface area contributed by atoms with Gasteiger partial charge >= 0.3 is 5.97 Å². The summed E-state index contributed by atoms with van der Waals surface area (Å²) in [6.07, 6.45) is -3.00. The van der Waals surface area contributed by atoms with Crippen molar-refractivity contribution in [3.8, 4) is 11.5 Å². The van der Waals surface area contributed by atoms with E-state index in [-0.39, 0.29) is 33.4 Å². The standard InChI is InChI=1S/C24H18O12/c25-11-7-19(23(29)30)35-17-5-1-3-15(21(11)17)33-9-13(27)14(28)10-34-16-4-2-6-18-22(16)12(26)8-20(36-18)24(31)32/h1-8,13-14,27-28H,9-10H2,(H,29,30)(H,31,32)/p-1/t13-,14?/m0/s1. The summed E-state index contributed by atoms with van der Waals surface area (Å²) < 4.78 is 21.2. The number of carbonyl (C=O) groups excluding carboxylic acids is 1. The molecule has 1 unspecified atom stereocenters. The van der Waals surface area contributed by atoms with Gasteiger partial charge in [-0.05, 0) is 24.3 Å². The lowest BCUT2D eigenvalue weighted by molar-refractivity contribution is -0.257. The van der Waals surface area contributed by atoms with Crippen molar-refractivity contribution in [1.29, 1.82) is 0 Å². The third kappa shape index (κ3) is 4.89. The first-order valence-corrected chi connectivity index (χ1v) is 10.4. The van der Waals surface area contributed by atoms with Gasteiger partial charge in [0.25, 0.3) is 0 Å². The topological polar surface area (TPSA) is 197 Å². The molecular weight excluding hydrogens is 480 g/mol. The third-order valence-corrected chi connectivity index (χ3v) is 5.11. The molecule has 0 aliphatic rings. The molecule has 12 heteroatoms. The Labute approximate surface area is 200 Å². The van der Waals surface area contributed by atoms with Crippen LogP contribution in [-0.4, -0.2) is 52.7 Å². The second-order valence-corrected chi connectivity index (χ2v) is 7.56. The molecule has 0 aliphatic heterocycles. The Kier molecular flexibility index (Phi) is 6.72. The van der Waals surface area contributed by atoms with Gasteiger partial charge in [-0.1, -0.05) is 12.1 Å². The smallest absolute Gasteiger partial charge is 0.371 e. The normalized spacial score (nSPS) is 12.8. The van der Waals surface area contributed by atoms with Crippen molar-refractivity contribution in [1.82, 2.24) is 0 Å². The summed E-state index contributed by atoms with van der Waals surface area (Å²) in [5.74, 6) is -4.29. The fraction of sp³-hybridized carbons (Fsp3) is 0.167. The van der Waals surface area contributed by atoms with Gasteiger partial charge in [-0.2, -0.15) is 0 Å². The lowest BCUT2D eigenvalue weighted by Crippen LogP contribution is -2.36. The average molecular weight is 497 g/mol. The van der Waals surface area contributed by atoms with Gasteiger partial charge in [0.15, 0.2) is 16.6 Å². The molecule has 2 aromatic heterocycles.